The minimum atomic E-state index is -3.01. The molecule has 120 valence electrons. The fourth-order valence-corrected chi connectivity index (χ4v) is 5.41. The van der Waals surface area contributed by atoms with Crippen LogP contribution in [0.4, 0.5) is 0 Å². The van der Waals surface area contributed by atoms with Crippen LogP contribution in [0.5, 0.6) is 0 Å². The van der Waals surface area contributed by atoms with Crippen molar-refractivity contribution < 1.29 is 22.7 Å². The maximum Gasteiger partial charge on any atom is 0.226 e. The fraction of sp³-hybridized carbons (Fsp3) is 0.929. The molecule has 3 fully saturated rings. The first-order valence-electron chi connectivity index (χ1n) is 7.66. The van der Waals surface area contributed by atoms with E-state index in [0.717, 1.165) is 25.7 Å². The Morgan fingerprint density at radius 2 is 1.76 bits per heavy atom. The first-order valence-corrected chi connectivity index (χ1v) is 9.48. The molecule has 1 spiro atoms. The van der Waals surface area contributed by atoms with Gasteiger partial charge in [-0.2, -0.15) is 0 Å². The summed E-state index contributed by atoms with van der Waals surface area (Å²) in [6.07, 6.45) is 3.77. The van der Waals surface area contributed by atoms with Gasteiger partial charge in [-0.3, -0.25) is 4.79 Å². The number of amides is 1. The van der Waals surface area contributed by atoms with Gasteiger partial charge in [0.05, 0.1) is 30.6 Å². The number of hydrogen-bond donors (Lipinski definition) is 0. The molecule has 3 aliphatic rings. The zero-order valence-electron chi connectivity index (χ0n) is 12.4. The van der Waals surface area contributed by atoms with Gasteiger partial charge in [-0.1, -0.05) is 0 Å². The third-order valence-corrected chi connectivity index (χ3v) is 6.78. The van der Waals surface area contributed by atoms with Crippen LogP contribution >= 0.6 is 0 Å². The van der Waals surface area contributed by atoms with Crippen molar-refractivity contribution in [3.63, 3.8) is 0 Å². The second-order valence-electron chi connectivity index (χ2n) is 6.39. The van der Waals surface area contributed by atoms with Crippen LogP contribution in [-0.2, 0) is 24.1 Å². The predicted molar refractivity (Wildman–Crippen MR) is 76.4 cm³/mol. The Morgan fingerprint density at radius 3 is 2.29 bits per heavy atom. The molecule has 3 rings (SSSR count). The molecule has 2 saturated heterocycles. The monoisotopic (exact) mass is 317 g/mol. The van der Waals surface area contributed by atoms with Gasteiger partial charge in [-0.15, -0.1) is 0 Å². The van der Waals surface area contributed by atoms with Crippen LogP contribution < -0.4 is 0 Å². The van der Waals surface area contributed by atoms with Gasteiger partial charge in [0, 0.05) is 25.9 Å². The lowest BCUT2D eigenvalue weighted by atomic mass is 9.88. The van der Waals surface area contributed by atoms with Crippen LogP contribution in [0.15, 0.2) is 0 Å². The van der Waals surface area contributed by atoms with Crippen LogP contribution in [0, 0.1) is 5.92 Å². The number of nitrogens with zero attached hydrogens (tertiary/aromatic N) is 1. The first kappa shape index (κ1) is 15.2. The molecule has 7 heteroatoms. The smallest absolute Gasteiger partial charge is 0.226 e. The molecule has 0 N–H and O–H groups in total. The summed E-state index contributed by atoms with van der Waals surface area (Å²) in [6.45, 7) is 1.30. The molecule has 21 heavy (non-hydrogen) atoms. The molecule has 1 aliphatic carbocycles. The van der Waals surface area contributed by atoms with E-state index >= 15 is 0 Å². The zero-order chi connectivity index (χ0) is 15.1. The quantitative estimate of drug-likeness (QED) is 0.744. The van der Waals surface area contributed by atoms with Gasteiger partial charge >= 0.3 is 0 Å². The van der Waals surface area contributed by atoms with Gasteiger partial charge in [-0.05, 0) is 19.3 Å². The molecule has 1 unspecified atom stereocenters. The van der Waals surface area contributed by atoms with Crippen molar-refractivity contribution in [3.8, 4) is 0 Å². The van der Waals surface area contributed by atoms with E-state index in [1.54, 1.807) is 11.9 Å². The summed E-state index contributed by atoms with van der Waals surface area (Å²) < 4.78 is 34.4. The van der Waals surface area contributed by atoms with Crippen LogP contribution in [0.1, 0.15) is 32.1 Å². The SMILES string of the molecule is CN(C(=O)C1CCS(=O)(=O)C1)C1CCC2(CC1)OCCO2. The van der Waals surface area contributed by atoms with E-state index in [1.807, 2.05) is 0 Å². The molecular formula is C14H23NO5S. The summed E-state index contributed by atoms with van der Waals surface area (Å²) in [7, 11) is -1.21. The van der Waals surface area contributed by atoms with Crippen LogP contribution in [0.2, 0.25) is 0 Å². The number of carbonyl (C=O) groups is 1. The Balaban J connectivity index is 1.56. The lowest BCUT2D eigenvalue weighted by Crippen LogP contribution is -2.46. The molecule has 2 aliphatic heterocycles. The number of rotatable bonds is 2. The topological polar surface area (TPSA) is 72.9 Å². The highest BCUT2D eigenvalue weighted by atomic mass is 32.2. The van der Waals surface area contributed by atoms with E-state index in [9.17, 15) is 13.2 Å². The Bertz CT molecular complexity index is 501. The van der Waals surface area contributed by atoms with E-state index in [-0.39, 0.29) is 29.4 Å². The van der Waals surface area contributed by atoms with E-state index in [0.29, 0.717) is 19.6 Å². The minimum Gasteiger partial charge on any atom is -0.348 e. The summed E-state index contributed by atoms with van der Waals surface area (Å²) in [4.78, 5) is 14.2. The Hall–Kier alpha value is -0.660. The molecule has 1 amide bonds. The summed E-state index contributed by atoms with van der Waals surface area (Å²) in [6, 6.07) is 0.166. The lowest BCUT2D eigenvalue weighted by molar-refractivity contribution is -0.184. The fourth-order valence-electron chi connectivity index (χ4n) is 3.67. The van der Waals surface area contributed by atoms with Crippen molar-refractivity contribution in [1.82, 2.24) is 4.90 Å². The second kappa shape index (κ2) is 5.52. The zero-order valence-corrected chi connectivity index (χ0v) is 13.2. The molecular weight excluding hydrogens is 294 g/mol. The van der Waals surface area contributed by atoms with Gasteiger partial charge in [0.2, 0.25) is 5.91 Å². The molecule has 1 atom stereocenters. The largest absolute Gasteiger partial charge is 0.348 e. The highest BCUT2D eigenvalue weighted by Crippen LogP contribution is 2.37. The number of ether oxygens (including phenoxy) is 2. The molecule has 0 aromatic heterocycles. The molecule has 0 radical (unpaired) electrons. The molecule has 6 nitrogen and oxygen atoms in total. The van der Waals surface area contributed by atoms with Crippen molar-refractivity contribution in [2.75, 3.05) is 31.8 Å². The van der Waals surface area contributed by atoms with Crippen LogP contribution in [0.25, 0.3) is 0 Å². The van der Waals surface area contributed by atoms with E-state index in [4.69, 9.17) is 9.47 Å². The average Bonchev–Trinajstić information content (AvgIpc) is 3.05. The van der Waals surface area contributed by atoms with Crippen molar-refractivity contribution in [3.05, 3.63) is 0 Å². The third kappa shape index (κ3) is 3.10. The van der Waals surface area contributed by atoms with E-state index < -0.39 is 15.6 Å². The summed E-state index contributed by atoms with van der Waals surface area (Å²) in [5.74, 6) is -0.636. The Labute approximate surface area is 125 Å². The summed E-state index contributed by atoms with van der Waals surface area (Å²) >= 11 is 0. The van der Waals surface area contributed by atoms with E-state index in [1.165, 1.54) is 0 Å². The molecule has 0 aromatic rings. The van der Waals surface area contributed by atoms with Crippen molar-refractivity contribution >= 4 is 15.7 Å². The molecule has 0 aromatic carbocycles. The van der Waals surface area contributed by atoms with Gasteiger partial charge in [-0.25, -0.2) is 8.42 Å². The normalized spacial score (nSPS) is 31.6. The average molecular weight is 317 g/mol. The standard InChI is InChI=1S/C14H23NO5S/c1-15(13(16)11-4-9-21(17,18)10-11)12-2-5-14(6-3-12)19-7-8-20-14/h11-12H,2-10H2,1H3. The molecule has 0 bridgehead atoms. The van der Waals surface area contributed by atoms with Gasteiger partial charge in [0.25, 0.3) is 0 Å². The maximum absolute atomic E-state index is 12.4. The molecule has 1 saturated carbocycles. The third-order valence-electron chi connectivity index (χ3n) is 5.01. The lowest BCUT2D eigenvalue weighted by Gasteiger charge is -2.39. The Kier molecular flexibility index (Phi) is 4.00. The highest BCUT2D eigenvalue weighted by Gasteiger charge is 2.43. The van der Waals surface area contributed by atoms with Crippen LogP contribution in [0.3, 0.4) is 0 Å². The van der Waals surface area contributed by atoms with Gasteiger partial charge < -0.3 is 14.4 Å². The van der Waals surface area contributed by atoms with Crippen molar-refractivity contribution in [2.45, 2.75) is 43.9 Å². The minimum absolute atomic E-state index is 0.0129. The first-order chi connectivity index (χ1) is 9.91. The number of carbonyl (C=O) groups excluding carboxylic acids is 1. The summed E-state index contributed by atoms with van der Waals surface area (Å²) in [5, 5.41) is 0. The molecule has 2 heterocycles. The second-order valence-corrected chi connectivity index (χ2v) is 8.62. The van der Waals surface area contributed by atoms with Gasteiger partial charge in [0.1, 0.15) is 0 Å². The van der Waals surface area contributed by atoms with Crippen LogP contribution in [-0.4, -0.2) is 62.8 Å². The van der Waals surface area contributed by atoms with Gasteiger partial charge in [0.15, 0.2) is 15.6 Å². The number of hydrogen-bond acceptors (Lipinski definition) is 5. The summed E-state index contributed by atoms with van der Waals surface area (Å²) in [5.41, 5.74) is 0. The van der Waals surface area contributed by atoms with E-state index in [2.05, 4.69) is 0 Å². The maximum atomic E-state index is 12.4. The van der Waals surface area contributed by atoms with Crippen molar-refractivity contribution in [1.29, 1.82) is 0 Å². The highest BCUT2D eigenvalue weighted by molar-refractivity contribution is 7.91. The number of sulfone groups is 1. The van der Waals surface area contributed by atoms with Crippen molar-refractivity contribution in [2.24, 2.45) is 5.92 Å². The predicted octanol–water partition coefficient (Wildman–Crippen LogP) is 0.565. The Morgan fingerprint density at radius 1 is 1.14 bits per heavy atom.